The fourth-order valence-corrected chi connectivity index (χ4v) is 0.578. The summed E-state index contributed by atoms with van der Waals surface area (Å²) >= 11 is 0. The van der Waals surface area contributed by atoms with Crippen molar-refractivity contribution in [3.63, 3.8) is 0 Å². The highest BCUT2D eigenvalue weighted by Crippen LogP contribution is 1.84. The zero-order chi connectivity index (χ0) is 6.69. The summed E-state index contributed by atoms with van der Waals surface area (Å²) in [7, 11) is 0. The molecule has 0 spiro atoms. The largest absolute Gasteiger partial charge is 0.329 e. The van der Waals surface area contributed by atoms with E-state index in [1.807, 2.05) is 6.92 Å². The van der Waals surface area contributed by atoms with Gasteiger partial charge in [0.05, 0.1) is 6.54 Å². The van der Waals surface area contributed by atoms with E-state index in [1.165, 1.54) is 0 Å². The molecule has 0 saturated carbocycles. The zero-order valence-electron chi connectivity index (χ0n) is 6.10. The molecule has 0 amide bonds. The van der Waals surface area contributed by atoms with E-state index in [4.69, 9.17) is 5.73 Å². The van der Waals surface area contributed by atoms with Crippen molar-refractivity contribution in [2.24, 2.45) is 5.73 Å². The number of rotatable bonds is 2. The lowest BCUT2D eigenvalue weighted by atomic mass is 10.6. The first-order chi connectivity index (χ1) is 4.34. The van der Waals surface area contributed by atoms with Gasteiger partial charge >= 0.3 is 0 Å². The topological polar surface area (TPSA) is 69.6 Å². The van der Waals surface area contributed by atoms with Gasteiger partial charge in [0.2, 0.25) is 0 Å². The van der Waals surface area contributed by atoms with Crippen molar-refractivity contribution in [3.05, 3.63) is 5.82 Å². The molecule has 0 atom stereocenters. The molecule has 0 aliphatic heterocycles. The molecular formula is C4H11Cl2N5. The van der Waals surface area contributed by atoms with Crippen molar-refractivity contribution in [1.29, 1.82) is 0 Å². The van der Waals surface area contributed by atoms with E-state index >= 15 is 0 Å². The van der Waals surface area contributed by atoms with Crippen molar-refractivity contribution < 1.29 is 0 Å². The highest BCUT2D eigenvalue weighted by Gasteiger charge is 1.95. The van der Waals surface area contributed by atoms with Crippen LogP contribution in [0, 0.1) is 6.92 Å². The summed E-state index contributed by atoms with van der Waals surface area (Å²) < 4.78 is 1.67. The molecule has 0 unspecified atom stereocenters. The lowest BCUT2D eigenvalue weighted by Gasteiger charge is -1.94. The normalized spacial score (nSPS) is 8.18. The highest BCUT2D eigenvalue weighted by molar-refractivity contribution is 5.85. The summed E-state index contributed by atoms with van der Waals surface area (Å²) in [5, 5.41) is 10.8. The highest BCUT2D eigenvalue weighted by atomic mass is 35.5. The van der Waals surface area contributed by atoms with Crippen molar-refractivity contribution in [1.82, 2.24) is 20.2 Å². The lowest BCUT2D eigenvalue weighted by Crippen LogP contribution is -2.12. The van der Waals surface area contributed by atoms with Crippen LogP contribution < -0.4 is 5.73 Å². The average molecular weight is 200 g/mol. The standard InChI is InChI=1S/C4H9N5.2ClH/c1-4-6-7-8-9(4)3-2-5;;/h2-3,5H2,1H3;2*1H. The van der Waals surface area contributed by atoms with Gasteiger partial charge in [-0.25, -0.2) is 4.68 Å². The third-order valence-corrected chi connectivity index (χ3v) is 1.05. The summed E-state index contributed by atoms with van der Waals surface area (Å²) in [6.07, 6.45) is 0. The van der Waals surface area contributed by atoms with Crippen molar-refractivity contribution >= 4 is 24.8 Å². The first-order valence-electron chi connectivity index (χ1n) is 2.77. The predicted molar refractivity (Wildman–Crippen MR) is 46.1 cm³/mol. The molecule has 0 radical (unpaired) electrons. The maximum Gasteiger partial charge on any atom is 0.148 e. The van der Waals surface area contributed by atoms with Gasteiger partial charge in [-0.3, -0.25) is 0 Å². The molecule has 66 valence electrons. The van der Waals surface area contributed by atoms with E-state index in [0.717, 1.165) is 5.82 Å². The van der Waals surface area contributed by atoms with Gasteiger partial charge in [-0.15, -0.1) is 29.9 Å². The van der Waals surface area contributed by atoms with Crippen LogP contribution in [0.4, 0.5) is 0 Å². The van der Waals surface area contributed by atoms with Gasteiger partial charge in [0.25, 0.3) is 0 Å². The van der Waals surface area contributed by atoms with Gasteiger partial charge in [-0.1, -0.05) is 0 Å². The molecule has 0 bridgehead atoms. The Kier molecular flexibility index (Phi) is 7.60. The van der Waals surface area contributed by atoms with Crippen LogP contribution in [-0.2, 0) is 6.54 Å². The summed E-state index contributed by atoms with van der Waals surface area (Å²) in [6.45, 7) is 3.11. The van der Waals surface area contributed by atoms with Crippen LogP contribution in [0.3, 0.4) is 0 Å². The monoisotopic (exact) mass is 199 g/mol. The third kappa shape index (κ3) is 3.50. The van der Waals surface area contributed by atoms with Crippen molar-refractivity contribution in [2.75, 3.05) is 6.54 Å². The van der Waals surface area contributed by atoms with Gasteiger partial charge in [-0.2, -0.15) is 0 Å². The number of hydrogen-bond donors (Lipinski definition) is 1. The fourth-order valence-electron chi connectivity index (χ4n) is 0.578. The smallest absolute Gasteiger partial charge is 0.148 e. The Balaban J connectivity index is 0. The quantitative estimate of drug-likeness (QED) is 0.716. The van der Waals surface area contributed by atoms with E-state index in [-0.39, 0.29) is 24.8 Å². The summed E-state index contributed by atoms with van der Waals surface area (Å²) in [5.74, 6) is 0.806. The van der Waals surface area contributed by atoms with E-state index in [2.05, 4.69) is 15.5 Å². The molecule has 5 nitrogen and oxygen atoms in total. The number of tetrazole rings is 1. The second-order valence-corrected chi connectivity index (χ2v) is 1.74. The fraction of sp³-hybridized carbons (Fsp3) is 0.750. The molecule has 11 heavy (non-hydrogen) atoms. The Labute approximate surface area is 77.2 Å². The Morgan fingerprint density at radius 2 is 2.09 bits per heavy atom. The number of nitrogens with two attached hydrogens (primary N) is 1. The number of aromatic nitrogens is 4. The Bertz CT molecular complexity index is 188. The summed E-state index contributed by atoms with van der Waals surface area (Å²) in [6, 6.07) is 0. The number of hydrogen-bond acceptors (Lipinski definition) is 4. The summed E-state index contributed by atoms with van der Waals surface area (Å²) in [5.41, 5.74) is 5.27. The molecule has 0 aliphatic carbocycles. The molecule has 7 heteroatoms. The summed E-state index contributed by atoms with van der Waals surface area (Å²) in [4.78, 5) is 0. The van der Waals surface area contributed by atoms with Gasteiger partial charge in [0.1, 0.15) is 5.82 Å². The van der Waals surface area contributed by atoms with Gasteiger partial charge in [0, 0.05) is 6.54 Å². The second-order valence-electron chi connectivity index (χ2n) is 1.74. The molecule has 1 heterocycles. The first kappa shape index (κ1) is 13.2. The van der Waals surface area contributed by atoms with Crippen LogP contribution in [0.1, 0.15) is 5.82 Å². The molecule has 0 aromatic carbocycles. The van der Waals surface area contributed by atoms with Crippen molar-refractivity contribution in [3.8, 4) is 0 Å². The molecule has 0 saturated heterocycles. The van der Waals surface area contributed by atoms with Crippen LogP contribution in [0.15, 0.2) is 0 Å². The average Bonchev–Trinajstić information content (AvgIpc) is 2.18. The van der Waals surface area contributed by atoms with Crippen LogP contribution in [0.25, 0.3) is 0 Å². The van der Waals surface area contributed by atoms with Crippen LogP contribution in [0.2, 0.25) is 0 Å². The molecule has 0 fully saturated rings. The van der Waals surface area contributed by atoms with Gasteiger partial charge < -0.3 is 5.73 Å². The molecular weight excluding hydrogens is 189 g/mol. The van der Waals surface area contributed by atoms with Crippen LogP contribution in [0.5, 0.6) is 0 Å². The van der Waals surface area contributed by atoms with Gasteiger partial charge in [-0.05, 0) is 17.4 Å². The maximum atomic E-state index is 5.27. The Morgan fingerprint density at radius 3 is 2.45 bits per heavy atom. The van der Waals surface area contributed by atoms with Crippen LogP contribution in [-0.4, -0.2) is 26.8 Å². The molecule has 1 aromatic rings. The Hall–Kier alpha value is -0.390. The van der Waals surface area contributed by atoms with Crippen LogP contribution >= 0.6 is 24.8 Å². The number of aryl methyl sites for hydroxylation is 1. The minimum absolute atomic E-state index is 0. The van der Waals surface area contributed by atoms with E-state index < -0.39 is 0 Å². The number of nitrogens with zero attached hydrogens (tertiary/aromatic N) is 4. The van der Waals surface area contributed by atoms with E-state index in [9.17, 15) is 0 Å². The lowest BCUT2D eigenvalue weighted by molar-refractivity contribution is 0.584. The first-order valence-corrected chi connectivity index (χ1v) is 2.77. The van der Waals surface area contributed by atoms with E-state index in [1.54, 1.807) is 4.68 Å². The maximum absolute atomic E-state index is 5.27. The van der Waals surface area contributed by atoms with Crippen molar-refractivity contribution in [2.45, 2.75) is 13.5 Å². The zero-order valence-corrected chi connectivity index (χ0v) is 7.73. The predicted octanol–water partition coefficient (Wildman–Crippen LogP) is -0.216. The third-order valence-electron chi connectivity index (χ3n) is 1.05. The second kappa shape index (κ2) is 6.33. The molecule has 1 aromatic heterocycles. The minimum atomic E-state index is 0. The Morgan fingerprint density at radius 1 is 1.45 bits per heavy atom. The molecule has 0 aliphatic rings. The molecule has 1 rings (SSSR count). The SMILES string of the molecule is Cc1nnnn1CCN.Cl.Cl. The number of halogens is 2. The minimum Gasteiger partial charge on any atom is -0.329 e. The van der Waals surface area contributed by atoms with E-state index in [0.29, 0.717) is 13.1 Å². The van der Waals surface area contributed by atoms with Gasteiger partial charge in [0.15, 0.2) is 0 Å². The molecule has 2 N–H and O–H groups in total.